The van der Waals surface area contributed by atoms with Gasteiger partial charge in [-0.1, -0.05) is 0 Å². The number of nitrogens with zero attached hydrogens (tertiary/aromatic N) is 2. The van der Waals surface area contributed by atoms with Crippen LogP contribution in [0.3, 0.4) is 0 Å². The molecule has 0 aliphatic rings. The Balaban J connectivity index is 0.00000256. The maximum absolute atomic E-state index is 13.7. The molecule has 1 aromatic rings. The summed E-state index contributed by atoms with van der Waals surface area (Å²) in [5.41, 5.74) is 1.43. The zero-order valence-electron chi connectivity index (χ0n) is 10.6. The normalized spacial score (nSPS) is 10.4. The molecule has 1 rings (SSSR count). The van der Waals surface area contributed by atoms with Gasteiger partial charge in [-0.25, -0.2) is 4.68 Å². The first kappa shape index (κ1) is 16.4. The number of methoxy groups -OCH3 is 1. The van der Waals surface area contributed by atoms with Crippen molar-refractivity contribution in [2.24, 2.45) is 0 Å². The Hall–Kier alpha value is -0.650. The van der Waals surface area contributed by atoms with E-state index in [0.717, 1.165) is 25.3 Å². The lowest BCUT2D eigenvalue weighted by Crippen LogP contribution is -2.17. The van der Waals surface area contributed by atoms with Gasteiger partial charge in [-0.3, -0.25) is 0 Å². The lowest BCUT2D eigenvalue weighted by Gasteiger charge is -2.03. The van der Waals surface area contributed by atoms with Gasteiger partial charge in [0.25, 0.3) is 0 Å². The predicted molar refractivity (Wildman–Crippen MR) is 68.0 cm³/mol. The highest BCUT2D eigenvalue weighted by Crippen LogP contribution is 2.11. The molecule has 0 radical (unpaired) electrons. The molecule has 100 valence electrons. The van der Waals surface area contributed by atoms with E-state index in [0.29, 0.717) is 18.7 Å². The Kier molecular flexibility index (Phi) is 8.12. The van der Waals surface area contributed by atoms with Gasteiger partial charge in [0.2, 0.25) is 5.95 Å². The molecule has 0 unspecified atom stereocenters. The second-order valence-corrected chi connectivity index (χ2v) is 3.69. The summed E-state index contributed by atoms with van der Waals surface area (Å²) in [5, 5.41) is 7.30. The summed E-state index contributed by atoms with van der Waals surface area (Å²) in [6, 6.07) is 0. The number of rotatable bonds is 7. The molecule has 0 aromatic carbocycles. The van der Waals surface area contributed by atoms with Crippen molar-refractivity contribution in [2.75, 3.05) is 20.3 Å². The van der Waals surface area contributed by atoms with E-state index in [1.54, 1.807) is 7.11 Å². The van der Waals surface area contributed by atoms with Crippen LogP contribution in [0, 0.1) is 12.9 Å². The van der Waals surface area contributed by atoms with Crippen molar-refractivity contribution >= 4 is 12.4 Å². The molecule has 17 heavy (non-hydrogen) atoms. The van der Waals surface area contributed by atoms with E-state index >= 15 is 0 Å². The number of aromatic nitrogens is 2. The summed E-state index contributed by atoms with van der Waals surface area (Å²) < 4.78 is 20.0. The smallest absolute Gasteiger partial charge is 0.216 e. The molecule has 0 atom stereocenters. The van der Waals surface area contributed by atoms with Crippen molar-refractivity contribution in [2.45, 2.75) is 33.4 Å². The zero-order valence-corrected chi connectivity index (χ0v) is 11.4. The maximum Gasteiger partial charge on any atom is 0.216 e. The largest absolute Gasteiger partial charge is 0.385 e. The van der Waals surface area contributed by atoms with E-state index in [4.69, 9.17) is 4.74 Å². The molecule has 0 saturated heterocycles. The van der Waals surface area contributed by atoms with Gasteiger partial charge in [-0.05, 0) is 26.8 Å². The van der Waals surface area contributed by atoms with Crippen LogP contribution in [0.15, 0.2) is 0 Å². The van der Waals surface area contributed by atoms with Crippen molar-refractivity contribution in [3.05, 3.63) is 17.2 Å². The Morgan fingerprint density at radius 2 is 2.18 bits per heavy atom. The van der Waals surface area contributed by atoms with E-state index in [-0.39, 0.29) is 18.4 Å². The molecule has 0 fully saturated rings. The number of hydrogen-bond acceptors (Lipinski definition) is 3. The molecule has 0 amide bonds. The summed E-state index contributed by atoms with van der Waals surface area (Å²) in [4.78, 5) is 0. The number of aryl methyl sites for hydroxylation is 2. The van der Waals surface area contributed by atoms with Gasteiger partial charge in [0.05, 0.1) is 5.69 Å². The van der Waals surface area contributed by atoms with Crippen LogP contribution < -0.4 is 5.32 Å². The van der Waals surface area contributed by atoms with Crippen molar-refractivity contribution in [3.63, 3.8) is 0 Å². The van der Waals surface area contributed by atoms with Gasteiger partial charge in [0, 0.05) is 32.4 Å². The van der Waals surface area contributed by atoms with E-state index in [9.17, 15) is 4.39 Å². The van der Waals surface area contributed by atoms with Gasteiger partial charge in [-0.15, -0.1) is 12.4 Å². The topological polar surface area (TPSA) is 39.1 Å². The molecule has 0 spiro atoms. The molecule has 1 heterocycles. The highest BCUT2D eigenvalue weighted by Gasteiger charge is 2.12. The highest BCUT2D eigenvalue weighted by molar-refractivity contribution is 5.85. The third-order valence-electron chi connectivity index (χ3n) is 2.49. The van der Waals surface area contributed by atoms with Crippen LogP contribution in [-0.4, -0.2) is 30.0 Å². The Morgan fingerprint density at radius 3 is 2.71 bits per heavy atom. The second kappa shape index (κ2) is 8.44. The average Bonchev–Trinajstić information content (AvgIpc) is 2.55. The van der Waals surface area contributed by atoms with Gasteiger partial charge < -0.3 is 10.1 Å². The van der Waals surface area contributed by atoms with E-state index in [1.165, 1.54) is 4.68 Å². The van der Waals surface area contributed by atoms with Crippen molar-refractivity contribution in [1.82, 2.24) is 15.1 Å². The predicted octanol–water partition coefficient (Wildman–Crippen LogP) is 1.90. The molecule has 1 N–H and O–H groups in total. The van der Waals surface area contributed by atoms with Crippen LogP contribution in [0.5, 0.6) is 0 Å². The minimum absolute atomic E-state index is 0. The molecule has 0 bridgehead atoms. The third kappa shape index (κ3) is 4.61. The first-order valence-electron chi connectivity index (χ1n) is 5.62. The number of ether oxygens (including phenoxy) is 1. The highest BCUT2D eigenvalue weighted by atomic mass is 35.5. The monoisotopic (exact) mass is 265 g/mol. The molecule has 6 heteroatoms. The number of hydrogen-bond donors (Lipinski definition) is 1. The molecule has 0 saturated carbocycles. The van der Waals surface area contributed by atoms with Crippen molar-refractivity contribution in [3.8, 4) is 0 Å². The molecular formula is C11H21ClFN3O. The van der Waals surface area contributed by atoms with Crippen LogP contribution in [-0.2, 0) is 17.8 Å². The first-order valence-corrected chi connectivity index (χ1v) is 5.62. The van der Waals surface area contributed by atoms with E-state index in [1.807, 2.05) is 13.8 Å². The standard InChI is InChI=1S/C11H20FN3O.ClH/c1-4-15-11(12)10(9(2)14-15)8-13-6-5-7-16-3;/h13H,4-8H2,1-3H3;1H. The fourth-order valence-electron chi connectivity index (χ4n) is 1.56. The Morgan fingerprint density at radius 1 is 1.47 bits per heavy atom. The van der Waals surface area contributed by atoms with Crippen LogP contribution in [0.2, 0.25) is 0 Å². The Bertz CT molecular complexity index is 331. The van der Waals surface area contributed by atoms with Gasteiger partial charge in [-0.2, -0.15) is 9.49 Å². The van der Waals surface area contributed by atoms with Crippen molar-refractivity contribution in [1.29, 1.82) is 0 Å². The van der Waals surface area contributed by atoms with Crippen LogP contribution in [0.25, 0.3) is 0 Å². The average molecular weight is 266 g/mol. The summed E-state index contributed by atoms with van der Waals surface area (Å²) in [6.45, 7) is 6.36. The molecule has 4 nitrogen and oxygen atoms in total. The molecule has 0 aliphatic carbocycles. The van der Waals surface area contributed by atoms with Crippen LogP contribution in [0.1, 0.15) is 24.6 Å². The summed E-state index contributed by atoms with van der Waals surface area (Å²) in [5.74, 6) is -0.223. The quantitative estimate of drug-likeness (QED) is 0.766. The third-order valence-corrected chi connectivity index (χ3v) is 2.49. The Labute approximate surface area is 108 Å². The van der Waals surface area contributed by atoms with E-state index < -0.39 is 0 Å². The zero-order chi connectivity index (χ0) is 12.0. The molecule has 0 aliphatic heterocycles. The second-order valence-electron chi connectivity index (χ2n) is 3.69. The van der Waals surface area contributed by atoms with Gasteiger partial charge in [0.1, 0.15) is 0 Å². The first-order chi connectivity index (χ1) is 7.70. The summed E-state index contributed by atoms with van der Waals surface area (Å²) >= 11 is 0. The fourth-order valence-corrected chi connectivity index (χ4v) is 1.56. The van der Waals surface area contributed by atoms with Crippen LogP contribution >= 0.6 is 12.4 Å². The number of nitrogens with one attached hydrogen (secondary N) is 1. The summed E-state index contributed by atoms with van der Waals surface area (Å²) in [7, 11) is 1.68. The minimum Gasteiger partial charge on any atom is -0.385 e. The number of halogens is 2. The SMILES string of the molecule is CCn1nc(C)c(CNCCCOC)c1F.Cl. The van der Waals surface area contributed by atoms with Gasteiger partial charge >= 0.3 is 0 Å². The van der Waals surface area contributed by atoms with Crippen LogP contribution in [0.4, 0.5) is 4.39 Å². The summed E-state index contributed by atoms with van der Waals surface area (Å²) in [6.07, 6.45) is 0.930. The lowest BCUT2D eigenvalue weighted by atomic mass is 10.2. The lowest BCUT2D eigenvalue weighted by molar-refractivity contribution is 0.194. The minimum atomic E-state index is -0.223. The van der Waals surface area contributed by atoms with E-state index in [2.05, 4.69) is 10.4 Å². The fraction of sp³-hybridized carbons (Fsp3) is 0.727. The van der Waals surface area contributed by atoms with Gasteiger partial charge in [0.15, 0.2) is 0 Å². The molecule has 1 aromatic heterocycles. The molecular weight excluding hydrogens is 245 g/mol. The maximum atomic E-state index is 13.7. The van der Waals surface area contributed by atoms with Crippen molar-refractivity contribution < 1.29 is 9.13 Å².